The zero-order valence-electron chi connectivity index (χ0n) is 9.05. The van der Waals surface area contributed by atoms with E-state index in [9.17, 15) is 5.11 Å². The van der Waals surface area contributed by atoms with Crippen LogP contribution < -0.4 is 5.32 Å². The van der Waals surface area contributed by atoms with E-state index in [-0.39, 0.29) is 6.10 Å². The van der Waals surface area contributed by atoms with Crippen molar-refractivity contribution in [3.05, 3.63) is 0 Å². The maximum Gasteiger partial charge on any atom is 0.0687 e. The predicted molar refractivity (Wildman–Crippen MR) is 54.8 cm³/mol. The van der Waals surface area contributed by atoms with Gasteiger partial charge in [-0.15, -0.1) is 0 Å². The number of hydrogen-bond donors (Lipinski definition) is 2. The summed E-state index contributed by atoms with van der Waals surface area (Å²) in [5, 5.41) is 12.6. The second kappa shape index (κ2) is 8.48. The topological polar surface area (TPSA) is 41.5 Å². The van der Waals surface area contributed by atoms with Crippen LogP contribution in [0.15, 0.2) is 0 Å². The van der Waals surface area contributed by atoms with E-state index >= 15 is 0 Å². The van der Waals surface area contributed by atoms with Crippen LogP contribution in [0.25, 0.3) is 0 Å². The van der Waals surface area contributed by atoms with Crippen LogP contribution in [0.2, 0.25) is 0 Å². The fourth-order valence-corrected chi connectivity index (χ4v) is 0.876. The molecule has 3 nitrogen and oxygen atoms in total. The van der Waals surface area contributed by atoms with Crippen molar-refractivity contribution in [3.8, 4) is 0 Å². The minimum absolute atomic E-state index is 0.244. The maximum absolute atomic E-state index is 9.43. The molecule has 0 spiro atoms. The van der Waals surface area contributed by atoms with E-state index in [2.05, 4.69) is 12.2 Å². The van der Waals surface area contributed by atoms with Crippen LogP contribution in [0.3, 0.4) is 0 Å². The van der Waals surface area contributed by atoms with E-state index in [1.165, 1.54) is 0 Å². The Bertz CT molecular complexity index is 107. The van der Waals surface area contributed by atoms with Gasteiger partial charge in [0.25, 0.3) is 0 Å². The Hall–Kier alpha value is -0.120. The standard InChI is InChI=1S/C10H23NO2/c1-4-6-13-7-5-11-8-10(12)9(2)3/h9-12H,4-8H2,1-3H3. The van der Waals surface area contributed by atoms with E-state index in [1.807, 2.05) is 13.8 Å². The van der Waals surface area contributed by atoms with Crippen LogP contribution in [-0.2, 0) is 4.74 Å². The minimum atomic E-state index is -0.244. The van der Waals surface area contributed by atoms with Crippen molar-refractivity contribution in [2.24, 2.45) is 5.92 Å². The molecular formula is C10H23NO2. The molecule has 0 aromatic heterocycles. The highest BCUT2D eigenvalue weighted by Gasteiger charge is 2.07. The molecule has 1 atom stereocenters. The first-order valence-electron chi connectivity index (χ1n) is 5.15. The van der Waals surface area contributed by atoms with Gasteiger partial charge in [-0.1, -0.05) is 20.8 Å². The largest absolute Gasteiger partial charge is 0.392 e. The number of aliphatic hydroxyl groups excluding tert-OH is 1. The molecule has 0 saturated heterocycles. The van der Waals surface area contributed by atoms with Gasteiger partial charge in [0.15, 0.2) is 0 Å². The van der Waals surface area contributed by atoms with E-state index in [4.69, 9.17) is 4.74 Å². The lowest BCUT2D eigenvalue weighted by Gasteiger charge is -2.14. The van der Waals surface area contributed by atoms with Gasteiger partial charge >= 0.3 is 0 Å². The SMILES string of the molecule is CCCOCCNCC(O)C(C)C. The fraction of sp³-hybridized carbons (Fsp3) is 1.00. The third-order valence-corrected chi connectivity index (χ3v) is 1.89. The minimum Gasteiger partial charge on any atom is -0.392 e. The highest BCUT2D eigenvalue weighted by Crippen LogP contribution is 1.98. The molecule has 0 fully saturated rings. The summed E-state index contributed by atoms with van der Waals surface area (Å²) in [7, 11) is 0. The maximum atomic E-state index is 9.43. The van der Waals surface area contributed by atoms with Crippen LogP contribution in [0.5, 0.6) is 0 Å². The van der Waals surface area contributed by atoms with Crippen LogP contribution in [0, 0.1) is 5.92 Å². The molecule has 0 aromatic carbocycles. The van der Waals surface area contributed by atoms with Crippen molar-refractivity contribution in [1.29, 1.82) is 0 Å². The summed E-state index contributed by atoms with van der Waals surface area (Å²) in [5.41, 5.74) is 0. The first-order chi connectivity index (χ1) is 6.18. The van der Waals surface area contributed by atoms with E-state index in [1.54, 1.807) is 0 Å². The molecule has 0 radical (unpaired) electrons. The van der Waals surface area contributed by atoms with E-state index in [0.717, 1.165) is 26.2 Å². The molecule has 0 rings (SSSR count). The average Bonchev–Trinajstić information content (AvgIpc) is 2.10. The molecule has 1 unspecified atom stereocenters. The third-order valence-electron chi connectivity index (χ3n) is 1.89. The van der Waals surface area contributed by atoms with Gasteiger partial charge < -0.3 is 15.2 Å². The molecule has 0 aliphatic heterocycles. The lowest BCUT2D eigenvalue weighted by Crippen LogP contribution is -2.32. The lowest BCUT2D eigenvalue weighted by atomic mass is 10.1. The summed E-state index contributed by atoms with van der Waals surface area (Å²) < 4.78 is 5.28. The molecule has 0 bridgehead atoms. The quantitative estimate of drug-likeness (QED) is 0.560. The second-order valence-corrected chi connectivity index (χ2v) is 3.63. The van der Waals surface area contributed by atoms with Gasteiger partial charge in [0.2, 0.25) is 0 Å². The zero-order valence-corrected chi connectivity index (χ0v) is 9.05. The van der Waals surface area contributed by atoms with Crippen molar-refractivity contribution in [3.63, 3.8) is 0 Å². The van der Waals surface area contributed by atoms with Crippen LogP contribution in [0.1, 0.15) is 27.2 Å². The molecule has 0 saturated carbocycles. The summed E-state index contributed by atoms with van der Waals surface area (Å²) in [4.78, 5) is 0. The summed E-state index contributed by atoms with van der Waals surface area (Å²) in [6.45, 7) is 9.17. The smallest absolute Gasteiger partial charge is 0.0687 e. The molecule has 0 aliphatic carbocycles. The van der Waals surface area contributed by atoms with Gasteiger partial charge in [-0.2, -0.15) is 0 Å². The average molecular weight is 189 g/mol. The Morgan fingerprint density at radius 2 is 2.00 bits per heavy atom. The molecule has 2 N–H and O–H groups in total. The number of rotatable bonds is 8. The first kappa shape index (κ1) is 12.9. The van der Waals surface area contributed by atoms with E-state index < -0.39 is 0 Å². The normalized spacial score (nSPS) is 13.6. The number of aliphatic hydroxyl groups is 1. The van der Waals surface area contributed by atoms with Gasteiger partial charge in [-0.3, -0.25) is 0 Å². The fourth-order valence-electron chi connectivity index (χ4n) is 0.876. The Labute approximate surface area is 81.5 Å². The van der Waals surface area contributed by atoms with Gasteiger partial charge in [-0.05, 0) is 12.3 Å². The Balaban J connectivity index is 3.07. The van der Waals surface area contributed by atoms with Crippen molar-refractivity contribution in [2.75, 3.05) is 26.3 Å². The van der Waals surface area contributed by atoms with Crippen LogP contribution >= 0.6 is 0 Å². The molecular weight excluding hydrogens is 166 g/mol. The number of hydrogen-bond acceptors (Lipinski definition) is 3. The molecule has 0 aromatic rings. The van der Waals surface area contributed by atoms with Crippen LogP contribution in [0.4, 0.5) is 0 Å². The number of ether oxygens (including phenoxy) is 1. The molecule has 13 heavy (non-hydrogen) atoms. The summed E-state index contributed by atoms with van der Waals surface area (Å²) in [5.74, 6) is 0.323. The van der Waals surface area contributed by atoms with Crippen LogP contribution in [-0.4, -0.2) is 37.5 Å². The highest BCUT2D eigenvalue weighted by atomic mass is 16.5. The molecule has 0 heterocycles. The Morgan fingerprint density at radius 3 is 2.54 bits per heavy atom. The lowest BCUT2D eigenvalue weighted by molar-refractivity contribution is 0.110. The van der Waals surface area contributed by atoms with Crippen molar-refractivity contribution in [1.82, 2.24) is 5.32 Å². The van der Waals surface area contributed by atoms with Crippen molar-refractivity contribution >= 4 is 0 Å². The highest BCUT2D eigenvalue weighted by molar-refractivity contribution is 4.62. The number of nitrogens with one attached hydrogen (secondary N) is 1. The third kappa shape index (κ3) is 8.22. The molecule has 3 heteroatoms. The van der Waals surface area contributed by atoms with Gasteiger partial charge in [0.05, 0.1) is 12.7 Å². The predicted octanol–water partition coefficient (Wildman–Crippen LogP) is 1.02. The molecule has 80 valence electrons. The Kier molecular flexibility index (Phi) is 8.40. The molecule has 0 aliphatic rings. The summed E-state index contributed by atoms with van der Waals surface area (Å²) in [6.07, 6.45) is 0.820. The second-order valence-electron chi connectivity index (χ2n) is 3.63. The summed E-state index contributed by atoms with van der Waals surface area (Å²) >= 11 is 0. The van der Waals surface area contributed by atoms with Gasteiger partial charge in [-0.25, -0.2) is 0 Å². The van der Waals surface area contributed by atoms with Gasteiger partial charge in [0, 0.05) is 19.7 Å². The van der Waals surface area contributed by atoms with Crippen molar-refractivity contribution in [2.45, 2.75) is 33.3 Å². The summed E-state index contributed by atoms with van der Waals surface area (Å²) in [6, 6.07) is 0. The first-order valence-corrected chi connectivity index (χ1v) is 5.15. The molecule has 0 amide bonds. The zero-order chi connectivity index (χ0) is 10.1. The monoisotopic (exact) mass is 189 g/mol. The van der Waals surface area contributed by atoms with E-state index in [0.29, 0.717) is 12.5 Å². The Morgan fingerprint density at radius 1 is 1.31 bits per heavy atom. The van der Waals surface area contributed by atoms with Gasteiger partial charge in [0.1, 0.15) is 0 Å². The van der Waals surface area contributed by atoms with Crippen molar-refractivity contribution < 1.29 is 9.84 Å².